The highest BCUT2D eigenvalue weighted by atomic mass is 14.9. The molecule has 3 aromatic rings. The molecule has 2 aromatic carbocycles. The van der Waals surface area contributed by atoms with Crippen LogP contribution < -0.4 is 11.1 Å². The van der Waals surface area contributed by atoms with Gasteiger partial charge in [0.05, 0.1) is 6.04 Å². The van der Waals surface area contributed by atoms with E-state index in [4.69, 9.17) is 5.73 Å². The summed E-state index contributed by atoms with van der Waals surface area (Å²) in [6.07, 6.45) is 5.35. The molecule has 0 saturated heterocycles. The lowest BCUT2D eigenvalue weighted by Gasteiger charge is -2.23. The van der Waals surface area contributed by atoms with Crippen molar-refractivity contribution in [2.24, 2.45) is 10.7 Å². The normalized spacial score (nSPS) is 13.2. The van der Waals surface area contributed by atoms with Gasteiger partial charge in [0.1, 0.15) is 0 Å². The second-order valence-corrected chi connectivity index (χ2v) is 6.27. The lowest BCUT2D eigenvalue weighted by Crippen LogP contribution is -2.25. The Kier molecular flexibility index (Phi) is 5.23. The van der Waals surface area contributed by atoms with Gasteiger partial charge in [0, 0.05) is 53.4 Å². The molecule has 4 N–H and O–H groups in total. The van der Waals surface area contributed by atoms with Gasteiger partial charge in [-0.15, -0.1) is 0 Å². The maximum absolute atomic E-state index is 5.90. The summed E-state index contributed by atoms with van der Waals surface area (Å²) in [5.74, 6) is 0. The number of nitrogens with one attached hydrogen (secondary N) is 2. The van der Waals surface area contributed by atoms with Crippen molar-refractivity contribution in [1.82, 2.24) is 4.98 Å². The van der Waals surface area contributed by atoms with E-state index in [1.807, 2.05) is 30.5 Å². The van der Waals surface area contributed by atoms with Crippen molar-refractivity contribution in [3.63, 3.8) is 0 Å². The Morgan fingerprint density at radius 2 is 2.04 bits per heavy atom. The second-order valence-electron chi connectivity index (χ2n) is 6.27. The third-order valence-corrected chi connectivity index (χ3v) is 4.42. The van der Waals surface area contributed by atoms with Gasteiger partial charge >= 0.3 is 0 Å². The van der Waals surface area contributed by atoms with Crippen molar-refractivity contribution < 1.29 is 0 Å². The van der Waals surface area contributed by atoms with E-state index in [-0.39, 0.29) is 6.04 Å². The molecule has 0 saturated carbocycles. The van der Waals surface area contributed by atoms with Crippen molar-refractivity contribution >= 4 is 28.4 Å². The predicted octanol–water partition coefficient (Wildman–Crippen LogP) is 4.51. The molecular weight excluding hydrogens is 320 g/mol. The number of benzene rings is 2. The van der Waals surface area contributed by atoms with Gasteiger partial charge in [-0.2, -0.15) is 0 Å². The van der Waals surface area contributed by atoms with E-state index in [2.05, 4.69) is 53.1 Å². The molecule has 0 aliphatic carbocycles. The van der Waals surface area contributed by atoms with Crippen LogP contribution in [-0.2, 0) is 0 Å². The predicted molar refractivity (Wildman–Crippen MR) is 113 cm³/mol. The van der Waals surface area contributed by atoms with E-state index in [0.717, 1.165) is 33.3 Å². The van der Waals surface area contributed by atoms with Gasteiger partial charge in [-0.25, -0.2) is 0 Å². The maximum Gasteiger partial charge on any atom is 0.0797 e. The second kappa shape index (κ2) is 7.74. The fourth-order valence-electron chi connectivity index (χ4n) is 3.13. The van der Waals surface area contributed by atoms with Gasteiger partial charge in [-0.3, -0.25) is 4.99 Å². The molecule has 0 aliphatic heterocycles. The Morgan fingerprint density at radius 1 is 1.23 bits per heavy atom. The number of rotatable bonds is 6. The SMILES string of the molecule is C=C(c1c[nH]c2ccccc12)C(Nc1cccc(C)c1)C(C=NC)=CN. The number of hydrogen-bond acceptors (Lipinski definition) is 3. The molecule has 0 amide bonds. The van der Waals surface area contributed by atoms with Crippen LogP contribution in [0.3, 0.4) is 0 Å². The molecule has 26 heavy (non-hydrogen) atoms. The number of H-pyrrole nitrogens is 1. The molecule has 0 bridgehead atoms. The molecular formula is C22H24N4. The molecule has 1 unspecified atom stereocenters. The van der Waals surface area contributed by atoms with Gasteiger partial charge in [-0.05, 0) is 36.3 Å². The average molecular weight is 344 g/mol. The van der Waals surface area contributed by atoms with Crippen LogP contribution in [0.5, 0.6) is 0 Å². The number of aromatic amines is 1. The van der Waals surface area contributed by atoms with Gasteiger partial charge in [0.15, 0.2) is 0 Å². The number of fused-ring (bicyclic) bond motifs is 1. The minimum atomic E-state index is -0.190. The largest absolute Gasteiger partial charge is 0.404 e. The maximum atomic E-state index is 5.90. The smallest absolute Gasteiger partial charge is 0.0797 e. The number of aromatic nitrogens is 1. The molecule has 4 nitrogen and oxygen atoms in total. The fraction of sp³-hybridized carbons (Fsp3) is 0.136. The van der Waals surface area contributed by atoms with Crippen LogP contribution in [0, 0.1) is 6.92 Å². The van der Waals surface area contributed by atoms with Crippen molar-refractivity contribution in [2.75, 3.05) is 12.4 Å². The molecule has 1 heterocycles. The Balaban J connectivity index is 2.03. The summed E-state index contributed by atoms with van der Waals surface area (Å²) in [6.45, 7) is 6.45. The van der Waals surface area contributed by atoms with Crippen molar-refractivity contribution in [3.05, 3.63) is 84.2 Å². The van der Waals surface area contributed by atoms with Crippen LogP contribution in [0.1, 0.15) is 11.1 Å². The first-order valence-electron chi connectivity index (χ1n) is 8.56. The standard InChI is InChI=1S/C22H24N4/c1-15-7-6-8-18(11-15)26-22(17(12-23)13-24-3)16(2)20-14-25-21-10-5-4-9-19(20)21/h4-14,22,25-26H,2,23H2,1,3H3. The molecule has 0 fully saturated rings. The van der Waals surface area contributed by atoms with Crippen LogP contribution in [0.2, 0.25) is 0 Å². The summed E-state index contributed by atoms with van der Waals surface area (Å²) < 4.78 is 0. The average Bonchev–Trinajstić information content (AvgIpc) is 3.08. The lowest BCUT2D eigenvalue weighted by molar-refractivity contribution is 1.09. The lowest BCUT2D eigenvalue weighted by atomic mass is 9.94. The molecule has 0 radical (unpaired) electrons. The molecule has 0 aliphatic rings. The van der Waals surface area contributed by atoms with E-state index in [1.54, 1.807) is 19.5 Å². The van der Waals surface area contributed by atoms with Gasteiger partial charge in [0.25, 0.3) is 0 Å². The summed E-state index contributed by atoms with van der Waals surface area (Å²) in [4.78, 5) is 7.46. The van der Waals surface area contributed by atoms with Crippen molar-refractivity contribution in [3.8, 4) is 0 Å². The molecule has 3 rings (SSSR count). The van der Waals surface area contributed by atoms with Crippen molar-refractivity contribution in [2.45, 2.75) is 13.0 Å². The number of nitrogens with two attached hydrogens (primary N) is 1. The van der Waals surface area contributed by atoms with Crippen LogP contribution >= 0.6 is 0 Å². The topological polar surface area (TPSA) is 66.2 Å². The third kappa shape index (κ3) is 3.54. The Labute approximate surface area is 154 Å². The van der Waals surface area contributed by atoms with Crippen LogP contribution in [0.4, 0.5) is 5.69 Å². The van der Waals surface area contributed by atoms with E-state index in [9.17, 15) is 0 Å². The van der Waals surface area contributed by atoms with E-state index in [0.29, 0.717) is 0 Å². The highest BCUT2D eigenvalue weighted by molar-refractivity contribution is 5.97. The monoisotopic (exact) mass is 344 g/mol. The van der Waals surface area contributed by atoms with Crippen LogP contribution in [-0.4, -0.2) is 24.3 Å². The van der Waals surface area contributed by atoms with E-state index < -0.39 is 0 Å². The third-order valence-electron chi connectivity index (χ3n) is 4.42. The summed E-state index contributed by atoms with van der Waals surface area (Å²) in [5.41, 5.74) is 12.1. The van der Waals surface area contributed by atoms with Gasteiger partial charge in [0.2, 0.25) is 0 Å². The fourth-order valence-corrected chi connectivity index (χ4v) is 3.13. The number of hydrogen-bond donors (Lipinski definition) is 3. The minimum Gasteiger partial charge on any atom is -0.404 e. The van der Waals surface area contributed by atoms with E-state index in [1.165, 1.54) is 5.56 Å². The number of aliphatic imine (C=N–C) groups is 1. The summed E-state index contributed by atoms with van der Waals surface area (Å²) >= 11 is 0. The number of anilines is 1. The first-order chi connectivity index (χ1) is 12.6. The summed E-state index contributed by atoms with van der Waals surface area (Å²) in [6, 6.07) is 16.3. The highest BCUT2D eigenvalue weighted by Crippen LogP contribution is 2.30. The van der Waals surface area contributed by atoms with Crippen molar-refractivity contribution in [1.29, 1.82) is 0 Å². The molecule has 1 aromatic heterocycles. The van der Waals surface area contributed by atoms with Crippen LogP contribution in [0.25, 0.3) is 16.5 Å². The highest BCUT2D eigenvalue weighted by Gasteiger charge is 2.20. The zero-order valence-corrected chi connectivity index (χ0v) is 15.2. The Bertz CT molecular complexity index is 978. The zero-order chi connectivity index (χ0) is 18.5. The molecule has 1 atom stereocenters. The first kappa shape index (κ1) is 17.5. The van der Waals surface area contributed by atoms with E-state index >= 15 is 0 Å². The Hall–Kier alpha value is -3.27. The summed E-state index contributed by atoms with van der Waals surface area (Å²) in [7, 11) is 1.74. The quantitative estimate of drug-likeness (QED) is 0.576. The molecule has 132 valence electrons. The number of aryl methyl sites for hydroxylation is 1. The van der Waals surface area contributed by atoms with Gasteiger partial charge < -0.3 is 16.0 Å². The molecule has 4 heteroatoms. The zero-order valence-electron chi connectivity index (χ0n) is 15.2. The minimum absolute atomic E-state index is 0.190. The number of nitrogens with zero attached hydrogens (tertiary/aromatic N) is 1. The molecule has 0 spiro atoms. The number of para-hydroxylation sites is 1. The van der Waals surface area contributed by atoms with Gasteiger partial charge in [-0.1, -0.05) is 36.9 Å². The Morgan fingerprint density at radius 3 is 2.77 bits per heavy atom. The first-order valence-corrected chi connectivity index (χ1v) is 8.56. The summed E-state index contributed by atoms with van der Waals surface area (Å²) in [5, 5.41) is 4.69. The van der Waals surface area contributed by atoms with Crippen LogP contribution in [0.15, 0.2) is 78.1 Å².